The Balaban J connectivity index is 0.00000180. The lowest BCUT2D eigenvalue weighted by Crippen LogP contribution is -2.29. The highest BCUT2D eigenvalue weighted by molar-refractivity contribution is 6.31. The first kappa shape index (κ1) is 16.0. The van der Waals surface area contributed by atoms with Gasteiger partial charge >= 0.3 is 0 Å². The molecule has 0 saturated heterocycles. The number of nitrogens with one attached hydrogen (secondary N) is 1. The maximum atomic E-state index is 12.4. The largest absolute Gasteiger partial charge is 0.325 e. The molecule has 0 bridgehead atoms. The Bertz CT molecular complexity index is 503. The Morgan fingerprint density at radius 2 is 2.05 bits per heavy atom. The van der Waals surface area contributed by atoms with Crippen LogP contribution in [0.1, 0.15) is 16.8 Å². The van der Waals surface area contributed by atoms with Crippen molar-refractivity contribution in [2.45, 2.75) is 6.42 Å². The van der Waals surface area contributed by atoms with Gasteiger partial charge in [0.25, 0.3) is 0 Å². The molecule has 1 N–H and O–H groups in total. The maximum Gasteiger partial charge on any atom is 0.225 e. The average molecular weight is 303 g/mol. The summed E-state index contributed by atoms with van der Waals surface area (Å²) in [5, 5.41) is 3.24. The summed E-state index contributed by atoms with van der Waals surface area (Å²) in [5.41, 5.74) is 1.05. The molecule has 1 aliphatic heterocycles. The lowest BCUT2D eigenvalue weighted by Gasteiger charge is -2.17. The summed E-state index contributed by atoms with van der Waals surface area (Å²) in [5.74, 6) is -0.452. The highest BCUT2D eigenvalue weighted by atomic mass is 35.5. The zero-order chi connectivity index (χ0) is 13.3. The van der Waals surface area contributed by atoms with Gasteiger partial charge in [-0.15, -0.1) is 12.4 Å². The number of halogens is 2. The molecule has 1 aromatic carbocycles. The molecule has 1 aliphatic rings. The summed E-state index contributed by atoms with van der Waals surface area (Å²) in [6, 6.07) is 4.96. The molecule has 6 heteroatoms. The van der Waals surface area contributed by atoms with Crippen LogP contribution in [0.25, 0.3) is 0 Å². The maximum absolute atomic E-state index is 12.4. The second-order valence-corrected chi connectivity index (χ2v) is 5.20. The molecule has 0 aliphatic carbocycles. The predicted molar refractivity (Wildman–Crippen MR) is 78.3 cm³/mol. The van der Waals surface area contributed by atoms with Gasteiger partial charge in [0.2, 0.25) is 5.91 Å². The Hall–Kier alpha value is -1.10. The van der Waals surface area contributed by atoms with E-state index in [1.54, 1.807) is 18.2 Å². The molecule has 19 heavy (non-hydrogen) atoms. The number of Topliss-reactive ketones (excluding diaryl/α,β-unsaturated/α-hetero) is 1. The van der Waals surface area contributed by atoms with Gasteiger partial charge in [0.15, 0.2) is 5.78 Å². The van der Waals surface area contributed by atoms with Gasteiger partial charge in [-0.3, -0.25) is 9.59 Å². The number of amides is 1. The van der Waals surface area contributed by atoms with Crippen molar-refractivity contribution in [2.75, 3.05) is 26.0 Å². The van der Waals surface area contributed by atoms with E-state index in [-0.39, 0.29) is 36.4 Å². The number of nitrogens with zero attached hydrogens (tertiary/aromatic N) is 1. The highest BCUT2D eigenvalue weighted by Crippen LogP contribution is 2.28. The predicted octanol–water partition coefficient (Wildman–Crippen LogP) is 2.46. The monoisotopic (exact) mass is 302 g/mol. The number of rotatable bonds is 2. The number of benzene rings is 1. The van der Waals surface area contributed by atoms with Crippen LogP contribution in [0.2, 0.25) is 5.02 Å². The molecule has 1 heterocycles. The first-order valence-electron chi connectivity index (χ1n) is 5.75. The van der Waals surface area contributed by atoms with Crippen LogP contribution in [0.4, 0.5) is 5.69 Å². The molecule has 0 fully saturated rings. The summed E-state index contributed by atoms with van der Waals surface area (Å²) in [7, 11) is 3.78. The van der Waals surface area contributed by atoms with Gasteiger partial charge < -0.3 is 10.2 Å². The van der Waals surface area contributed by atoms with E-state index in [2.05, 4.69) is 5.32 Å². The summed E-state index contributed by atoms with van der Waals surface area (Å²) >= 11 is 5.88. The van der Waals surface area contributed by atoms with Crippen molar-refractivity contribution in [3.05, 3.63) is 28.8 Å². The highest BCUT2D eigenvalue weighted by Gasteiger charge is 2.29. The first-order chi connectivity index (χ1) is 8.47. The Kier molecular flexibility index (Phi) is 5.35. The summed E-state index contributed by atoms with van der Waals surface area (Å²) in [4.78, 5) is 26.1. The van der Waals surface area contributed by atoms with Crippen LogP contribution in [0.15, 0.2) is 18.2 Å². The lowest BCUT2D eigenvalue weighted by molar-refractivity contribution is -0.116. The van der Waals surface area contributed by atoms with E-state index in [1.165, 1.54) is 0 Å². The fraction of sp³-hybridized carbons (Fsp3) is 0.385. The number of hydrogen-bond donors (Lipinski definition) is 1. The first-order valence-corrected chi connectivity index (χ1v) is 6.13. The van der Waals surface area contributed by atoms with E-state index in [9.17, 15) is 9.59 Å². The van der Waals surface area contributed by atoms with Gasteiger partial charge in [0.05, 0.1) is 5.69 Å². The third-order valence-electron chi connectivity index (χ3n) is 2.91. The Morgan fingerprint density at radius 1 is 1.37 bits per heavy atom. The van der Waals surface area contributed by atoms with E-state index in [1.807, 2.05) is 19.0 Å². The van der Waals surface area contributed by atoms with Crippen molar-refractivity contribution in [3.8, 4) is 0 Å². The third-order valence-corrected chi connectivity index (χ3v) is 3.14. The SMILES string of the molecule is CN(C)CC1CC(=O)Nc2cc(Cl)ccc2C1=O.Cl. The van der Waals surface area contributed by atoms with Crippen molar-refractivity contribution in [3.63, 3.8) is 0 Å². The normalized spacial score (nSPS) is 18.4. The minimum absolute atomic E-state index is 0. The molecule has 1 unspecified atom stereocenters. The molecule has 0 spiro atoms. The second kappa shape index (κ2) is 6.37. The minimum atomic E-state index is -0.303. The van der Waals surface area contributed by atoms with E-state index >= 15 is 0 Å². The smallest absolute Gasteiger partial charge is 0.225 e. The molecular formula is C13H16Cl2N2O2. The molecule has 0 radical (unpaired) electrons. The van der Waals surface area contributed by atoms with Crippen molar-refractivity contribution in [1.82, 2.24) is 4.90 Å². The average Bonchev–Trinajstić information content (AvgIpc) is 2.36. The van der Waals surface area contributed by atoms with Crippen LogP contribution < -0.4 is 5.32 Å². The van der Waals surface area contributed by atoms with Gasteiger partial charge in [-0.25, -0.2) is 0 Å². The summed E-state index contributed by atoms with van der Waals surface area (Å²) in [6.07, 6.45) is 0.212. The number of ketones is 1. The van der Waals surface area contributed by atoms with Gasteiger partial charge in [-0.05, 0) is 32.3 Å². The Morgan fingerprint density at radius 3 is 2.68 bits per heavy atom. The van der Waals surface area contributed by atoms with Crippen LogP contribution in [0, 0.1) is 5.92 Å². The fourth-order valence-corrected chi connectivity index (χ4v) is 2.33. The molecule has 104 valence electrons. The molecule has 0 aromatic heterocycles. The van der Waals surface area contributed by atoms with Crippen molar-refractivity contribution in [2.24, 2.45) is 5.92 Å². The number of anilines is 1. The van der Waals surface area contributed by atoms with Crippen LogP contribution in [0.3, 0.4) is 0 Å². The quantitative estimate of drug-likeness (QED) is 0.913. The van der Waals surface area contributed by atoms with Gasteiger partial charge in [0, 0.05) is 29.5 Å². The molecule has 1 aromatic rings. The zero-order valence-corrected chi connectivity index (χ0v) is 12.3. The van der Waals surface area contributed by atoms with Crippen LogP contribution in [-0.2, 0) is 4.79 Å². The van der Waals surface area contributed by atoms with Crippen molar-refractivity contribution >= 4 is 41.4 Å². The van der Waals surface area contributed by atoms with Gasteiger partial charge in [0.1, 0.15) is 0 Å². The van der Waals surface area contributed by atoms with Crippen LogP contribution in [0.5, 0.6) is 0 Å². The molecule has 4 nitrogen and oxygen atoms in total. The van der Waals surface area contributed by atoms with Crippen LogP contribution in [-0.4, -0.2) is 37.2 Å². The second-order valence-electron chi connectivity index (χ2n) is 4.77. The number of fused-ring (bicyclic) bond motifs is 1. The number of hydrogen-bond acceptors (Lipinski definition) is 3. The summed E-state index contributed by atoms with van der Waals surface area (Å²) < 4.78 is 0. The third kappa shape index (κ3) is 3.69. The Labute approximate surface area is 123 Å². The molecule has 0 saturated carbocycles. The van der Waals surface area contributed by atoms with E-state index in [4.69, 9.17) is 11.6 Å². The molecule has 1 atom stereocenters. The van der Waals surface area contributed by atoms with Gasteiger partial charge in [-0.2, -0.15) is 0 Å². The van der Waals surface area contributed by atoms with Crippen molar-refractivity contribution in [1.29, 1.82) is 0 Å². The standard InChI is InChI=1S/C13H15ClN2O2.ClH/c1-16(2)7-8-5-12(17)15-11-6-9(14)3-4-10(11)13(8)18;/h3-4,6,8H,5,7H2,1-2H3,(H,15,17);1H. The topological polar surface area (TPSA) is 49.4 Å². The van der Waals surface area contributed by atoms with E-state index in [0.717, 1.165) is 0 Å². The number of carbonyl (C=O) groups is 2. The molecule has 1 amide bonds. The number of carbonyl (C=O) groups excluding carboxylic acids is 2. The van der Waals surface area contributed by atoms with Crippen LogP contribution >= 0.6 is 24.0 Å². The molecular weight excluding hydrogens is 287 g/mol. The lowest BCUT2D eigenvalue weighted by atomic mass is 9.95. The van der Waals surface area contributed by atoms with Crippen molar-refractivity contribution < 1.29 is 9.59 Å². The molecule has 2 rings (SSSR count). The van der Waals surface area contributed by atoms with E-state index in [0.29, 0.717) is 22.8 Å². The summed E-state index contributed by atoms with van der Waals surface area (Å²) in [6.45, 7) is 0.564. The zero-order valence-electron chi connectivity index (χ0n) is 10.8. The van der Waals surface area contributed by atoms with E-state index < -0.39 is 0 Å². The van der Waals surface area contributed by atoms with Gasteiger partial charge in [-0.1, -0.05) is 11.6 Å². The fourth-order valence-electron chi connectivity index (χ4n) is 2.16. The minimum Gasteiger partial charge on any atom is -0.325 e.